The first-order valence-electron chi connectivity index (χ1n) is 5.25. The van der Waals surface area contributed by atoms with Gasteiger partial charge in [0.25, 0.3) is 0 Å². The van der Waals surface area contributed by atoms with Crippen molar-refractivity contribution in [2.24, 2.45) is 0 Å². The highest BCUT2D eigenvalue weighted by molar-refractivity contribution is 5.39. The van der Waals surface area contributed by atoms with Gasteiger partial charge in [0, 0.05) is 6.54 Å². The molecule has 0 saturated carbocycles. The second kappa shape index (κ2) is 4.57. The van der Waals surface area contributed by atoms with Crippen LogP contribution >= 0.6 is 0 Å². The number of rotatable bonds is 3. The maximum atomic E-state index is 12.5. The molecule has 82 valence electrons. The summed E-state index contributed by atoms with van der Waals surface area (Å²) in [7, 11) is 0. The van der Waals surface area contributed by atoms with Crippen LogP contribution in [-0.4, -0.2) is 23.7 Å². The van der Waals surface area contributed by atoms with Gasteiger partial charge in [0.2, 0.25) is 5.95 Å². The first kappa shape index (κ1) is 10.4. The molecule has 0 amide bonds. The highest BCUT2D eigenvalue weighted by Gasteiger charge is 2.21. The van der Waals surface area contributed by atoms with Crippen molar-refractivity contribution in [2.45, 2.75) is 32.0 Å². The molecule has 2 rings (SSSR count). The van der Waals surface area contributed by atoms with Crippen molar-refractivity contribution >= 4 is 5.69 Å². The van der Waals surface area contributed by atoms with E-state index in [0.717, 1.165) is 25.1 Å². The Morgan fingerprint density at radius 3 is 3.00 bits per heavy atom. The van der Waals surface area contributed by atoms with Crippen LogP contribution in [0.2, 0.25) is 0 Å². The average molecular weight is 210 g/mol. The minimum atomic E-state index is -0.453. The van der Waals surface area contributed by atoms with Gasteiger partial charge in [-0.15, -0.1) is 0 Å². The Balaban J connectivity index is 1.80. The first-order valence-corrected chi connectivity index (χ1v) is 5.25. The number of hydrogen-bond acceptors (Lipinski definition) is 3. The van der Waals surface area contributed by atoms with Gasteiger partial charge in [-0.3, -0.25) is 0 Å². The van der Waals surface area contributed by atoms with Crippen LogP contribution in [-0.2, 0) is 4.74 Å². The molecule has 3 nitrogen and oxygen atoms in total. The molecular formula is C11H15FN2O. The molecule has 1 fully saturated rings. The van der Waals surface area contributed by atoms with Gasteiger partial charge in [-0.05, 0) is 31.9 Å². The predicted molar refractivity (Wildman–Crippen MR) is 56.3 cm³/mol. The van der Waals surface area contributed by atoms with E-state index in [1.807, 2.05) is 0 Å². The van der Waals surface area contributed by atoms with Crippen LogP contribution in [0.1, 0.15) is 19.8 Å². The lowest BCUT2D eigenvalue weighted by atomic mass is 10.2. The van der Waals surface area contributed by atoms with Gasteiger partial charge >= 0.3 is 0 Å². The molecule has 1 N–H and O–H groups in total. The third-order valence-electron chi connectivity index (χ3n) is 2.58. The van der Waals surface area contributed by atoms with Gasteiger partial charge in [0.1, 0.15) is 0 Å². The molecule has 0 spiro atoms. The summed E-state index contributed by atoms with van der Waals surface area (Å²) in [6.07, 6.45) is 4.33. The fourth-order valence-electron chi connectivity index (χ4n) is 1.75. The zero-order chi connectivity index (χ0) is 10.7. The SMILES string of the molecule is CC1CCC(CNc2ccc(F)nc2)O1. The number of hydrogen-bond donors (Lipinski definition) is 1. The van der Waals surface area contributed by atoms with Gasteiger partial charge in [0.15, 0.2) is 0 Å². The summed E-state index contributed by atoms with van der Waals surface area (Å²) in [5, 5.41) is 3.18. The van der Waals surface area contributed by atoms with Crippen LogP contribution in [0.15, 0.2) is 18.3 Å². The van der Waals surface area contributed by atoms with Crippen LogP contribution in [0.4, 0.5) is 10.1 Å². The Morgan fingerprint density at radius 1 is 1.53 bits per heavy atom. The van der Waals surface area contributed by atoms with Gasteiger partial charge < -0.3 is 10.1 Å². The van der Waals surface area contributed by atoms with Gasteiger partial charge in [0.05, 0.1) is 24.1 Å². The largest absolute Gasteiger partial charge is 0.381 e. The molecule has 15 heavy (non-hydrogen) atoms. The van der Waals surface area contributed by atoms with E-state index in [-0.39, 0.29) is 6.10 Å². The number of halogens is 1. The second-order valence-electron chi connectivity index (χ2n) is 3.90. The Labute approximate surface area is 88.7 Å². The van der Waals surface area contributed by atoms with E-state index in [4.69, 9.17) is 4.74 Å². The monoisotopic (exact) mass is 210 g/mol. The van der Waals surface area contributed by atoms with Crippen molar-refractivity contribution in [3.8, 4) is 0 Å². The van der Waals surface area contributed by atoms with E-state index in [1.54, 1.807) is 6.07 Å². The summed E-state index contributed by atoms with van der Waals surface area (Å²) < 4.78 is 18.2. The van der Waals surface area contributed by atoms with Gasteiger partial charge in [-0.2, -0.15) is 4.39 Å². The molecule has 0 bridgehead atoms. The molecule has 4 heteroatoms. The zero-order valence-electron chi connectivity index (χ0n) is 8.74. The van der Waals surface area contributed by atoms with Gasteiger partial charge in [-0.1, -0.05) is 0 Å². The van der Waals surface area contributed by atoms with Crippen LogP contribution in [0.3, 0.4) is 0 Å². The summed E-state index contributed by atoms with van der Waals surface area (Å²) >= 11 is 0. The summed E-state index contributed by atoms with van der Waals surface area (Å²) in [6, 6.07) is 3.03. The molecule has 2 heterocycles. The third-order valence-corrected chi connectivity index (χ3v) is 2.58. The number of ether oxygens (including phenoxy) is 1. The van der Waals surface area contributed by atoms with Crippen molar-refractivity contribution in [2.75, 3.05) is 11.9 Å². The Kier molecular flexibility index (Phi) is 3.16. The normalized spacial score (nSPS) is 25.5. The Hall–Kier alpha value is -1.16. The first-order chi connectivity index (χ1) is 7.24. The Morgan fingerprint density at radius 2 is 2.40 bits per heavy atom. The molecule has 0 aliphatic carbocycles. The van der Waals surface area contributed by atoms with Gasteiger partial charge in [-0.25, -0.2) is 4.98 Å². The number of nitrogens with zero attached hydrogens (tertiary/aromatic N) is 1. The van der Waals surface area contributed by atoms with E-state index in [2.05, 4.69) is 17.2 Å². The molecule has 1 aliphatic heterocycles. The van der Waals surface area contributed by atoms with E-state index in [9.17, 15) is 4.39 Å². The lowest BCUT2D eigenvalue weighted by molar-refractivity contribution is 0.0637. The van der Waals surface area contributed by atoms with Crippen LogP contribution in [0.25, 0.3) is 0 Å². The van der Waals surface area contributed by atoms with Crippen molar-refractivity contribution < 1.29 is 9.13 Å². The van der Waals surface area contributed by atoms with Crippen LogP contribution in [0, 0.1) is 5.95 Å². The quantitative estimate of drug-likeness (QED) is 0.776. The molecule has 1 aliphatic rings. The van der Waals surface area contributed by atoms with E-state index in [0.29, 0.717) is 6.10 Å². The Bertz CT molecular complexity index is 315. The highest BCUT2D eigenvalue weighted by atomic mass is 19.1. The summed E-state index contributed by atoms with van der Waals surface area (Å²) in [5.74, 6) is -0.453. The summed E-state index contributed by atoms with van der Waals surface area (Å²) in [5.41, 5.74) is 0.833. The van der Waals surface area contributed by atoms with Crippen LogP contribution in [0.5, 0.6) is 0 Å². The smallest absolute Gasteiger partial charge is 0.212 e. The van der Waals surface area contributed by atoms with E-state index < -0.39 is 5.95 Å². The lowest BCUT2D eigenvalue weighted by Gasteiger charge is -2.12. The maximum absolute atomic E-state index is 12.5. The molecule has 2 atom stereocenters. The molecule has 1 aromatic rings. The third kappa shape index (κ3) is 2.89. The second-order valence-corrected chi connectivity index (χ2v) is 3.90. The standard InChI is InChI=1S/C11H15FN2O/c1-8-2-4-10(15-8)7-13-9-3-5-11(12)14-6-9/h3,5-6,8,10,13H,2,4,7H2,1H3. The molecule has 1 saturated heterocycles. The van der Waals surface area contributed by atoms with Crippen molar-refractivity contribution in [1.82, 2.24) is 4.98 Å². The fourth-order valence-corrected chi connectivity index (χ4v) is 1.75. The van der Waals surface area contributed by atoms with Crippen molar-refractivity contribution in [1.29, 1.82) is 0 Å². The number of aromatic nitrogens is 1. The van der Waals surface area contributed by atoms with Crippen LogP contribution < -0.4 is 5.32 Å². The van der Waals surface area contributed by atoms with Crippen molar-refractivity contribution in [3.63, 3.8) is 0 Å². The fraction of sp³-hybridized carbons (Fsp3) is 0.545. The average Bonchev–Trinajstić information content (AvgIpc) is 2.64. The minimum Gasteiger partial charge on any atom is -0.381 e. The van der Waals surface area contributed by atoms with Crippen molar-refractivity contribution in [3.05, 3.63) is 24.3 Å². The summed E-state index contributed by atoms with van der Waals surface area (Å²) in [4.78, 5) is 3.57. The number of anilines is 1. The van der Waals surface area contributed by atoms with E-state index >= 15 is 0 Å². The highest BCUT2D eigenvalue weighted by Crippen LogP contribution is 2.19. The topological polar surface area (TPSA) is 34.2 Å². The molecule has 1 aromatic heterocycles. The van der Waals surface area contributed by atoms with E-state index in [1.165, 1.54) is 12.3 Å². The maximum Gasteiger partial charge on any atom is 0.212 e. The number of pyridine rings is 1. The minimum absolute atomic E-state index is 0.269. The number of nitrogens with one attached hydrogen (secondary N) is 1. The molecule has 2 unspecified atom stereocenters. The lowest BCUT2D eigenvalue weighted by Crippen LogP contribution is -2.19. The molecule has 0 radical (unpaired) electrons. The zero-order valence-corrected chi connectivity index (χ0v) is 8.74. The molecule has 0 aromatic carbocycles. The predicted octanol–water partition coefficient (Wildman–Crippen LogP) is 2.20. The molecular weight excluding hydrogens is 195 g/mol. The summed E-state index contributed by atoms with van der Waals surface area (Å²) in [6.45, 7) is 2.84.